The van der Waals surface area contributed by atoms with E-state index in [9.17, 15) is 0 Å². The Morgan fingerprint density at radius 1 is 0.365 bits per heavy atom. The third kappa shape index (κ3) is 4.59. The van der Waals surface area contributed by atoms with Crippen molar-refractivity contribution in [2.45, 2.75) is 90.9 Å². The molecule has 0 saturated heterocycles. The van der Waals surface area contributed by atoms with E-state index < -0.39 is 0 Å². The molecule has 0 aromatic heterocycles. The van der Waals surface area contributed by atoms with Crippen molar-refractivity contribution in [2.24, 2.45) is 0 Å². The molecule has 0 saturated carbocycles. The Bertz CT molecular complexity index is 2410. The summed E-state index contributed by atoms with van der Waals surface area (Å²) in [4.78, 5) is 0. The maximum Gasteiger partial charge on any atom is 0.0162 e. The lowest BCUT2D eigenvalue weighted by Gasteiger charge is -2.31. The van der Waals surface area contributed by atoms with Gasteiger partial charge in [-0.2, -0.15) is 0 Å². The fourth-order valence-electron chi connectivity index (χ4n) is 9.68. The van der Waals surface area contributed by atoms with Crippen LogP contribution in [0.2, 0.25) is 0 Å². The Balaban J connectivity index is 1.27. The minimum Gasteiger partial charge on any atom is -0.0616 e. The van der Waals surface area contributed by atoms with Gasteiger partial charge in [0.15, 0.2) is 0 Å². The summed E-state index contributed by atoms with van der Waals surface area (Å²) in [6.45, 7) is 23.6. The molecule has 0 aliphatic heterocycles. The molecule has 0 heteroatoms. The highest BCUT2D eigenvalue weighted by molar-refractivity contribution is 6.12. The van der Waals surface area contributed by atoms with Crippen LogP contribution in [0.1, 0.15) is 103 Å². The van der Waals surface area contributed by atoms with E-state index in [-0.39, 0.29) is 21.7 Å². The number of benzene rings is 7. The Labute approximate surface area is 310 Å². The van der Waals surface area contributed by atoms with Crippen LogP contribution in [0.15, 0.2) is 121 Å². The molecule has 2 aliphatic carbocycles. The van der Waals surface area contributed by atoms with Crippen LogP contribution in [0.25, 0.3) is 66.1 Å². The first kappa shape index (κ1) is 32.9. The fraction of sp³-hybridized carbons (Fsp3) is 0.269. The second-order valence-corrected chi connectivity index (χ2v) is 18.6. The molecule has 0 unspecified atom stereocenters. The zero-order chi connectivity index (χ0) is 36.5. The van der Waals surface area contributed by atoms with Crippen molar-refractivity contribution in [3.63, 3.8) is 0 Å². The van der Waals surface area contributed by atoms with Gasteiger partial charge in [-0.25, -0.2) is 0 Å². The lowest BCUT2D eigenvalue weighted by molar-refractivity contribution is 0.590. The van der Waals surface area contributed by atoms with E-state index in [1.165, 1.54) is 99.4 Å². The third-order valence-corrected chi connectivity index (χ3v) is 12.6. The summed E-state index contributed by atoms with van der Waals surface area (Å²) in [5.41, 5.74) is 19.3. The average molecular weight is 675 g/mol. The van der Waals surface area contributed by atoms with Crippen molar-refractivity contribution in [3.8, 4) is 44.5 Å². The Hall–Kier alpha value is -4.94. The zero-order valence-electron chi connectivity index (χ0n) is 32.5. The molecule has 0 atom stereocenters. The summed E-state index contributed by atoms with van der Waals surface area (Å²) in [5.74, 6) is 0. The highest BCUT2D eigenvalue weighted by Gasteiger charge is 2.47. The van der Waals surface area contributed by atoms with Crippen molar-refractivity contribution in [1.82, 2.24) is 0 Å². The van der Waals surface area contributed by atoms with Gasteiger partial charge in [-0.05, 0) is 122 Å². The molecule has 0 radical (unpaired) electrons. The molecule has 7 aromatic carbocycles. The van der Waals surface area contributed by atoms with Crippen LogP contribution in [-0.2, 0) is 21.7 Å². The summed E-state index contributed by atoms with van der Waals surface area (Å²) in [6, 6.07) is 46.8. The number of fused-ring (bicyclic) bond motifs is 11. The molecule has 0 nitrogen and oxygen atoms in total. The zero-order valence-corrected chi connectivity index (χ0v) is 32.5. The summed E-state index contributed by atoms with van der Waals surface area (Å²) in [6.07, 6.45) is 0. The van der Waals surface area contributed by atoms with E-state index in [2.05, 4.69) is 191 Å². The maximum absolute atomic E-state index is 2.53. The minimum absolute atomic E-state index is 0.121. The Morgan fingerprint density at radius 3 is 1.02 bits per heavy atom. The standard InChI is InChI=1S/C52H50/c1-49(2,3)33-23-19-31(20-24-33)41-29-43-45(37-17-13-11-15-35(37)41)39-27-28-40-46-38-18-14-12-16-36(38)42(32-21-25-34(26-22-32)50(4,5)6)30-44(46)52(9,10)48(40)47(39)51(43,7)8/h11-30H,1-10H3. The molecule has 2 aliphatic rings. The lowest BCUT2D eigenvalue weighted by atomic mass is 9.72. The molecule has 7 aromatic rings. The van der Waals surface area contributed by atoms with E-state index in [1.54, 1.807) is 0 Å². The summed E-state index contributed by atoms with van der Waals surface area (Å²) in [5, 5.41) is 5.34. The molecule has 0 bridgehead atoms. The van der Waals surface area contributed by atoms with Crippen molar-refractivity contribution in [2.75, 3.05) is 0 Å². The van der Waals surface area contributed by atoms with Crippen LogP contribution in [0.5, 0.6) is 0 Å². The first-order valence-electron chi connectivity index (χ1n) is 19.1. The van der Waals surface area contributed by atoms with Crippen molar-refractivity contribution < 1.29 is 0 Å². The van der Waals surface area contributed by atoms with Gasteiger partial charge in [0.1, 0.15) is 0 Å². The van der Waals surface area contributed by atoms with Crippen LogP contribution in [-0.4, -0.2) is 0 Å². The predicted octanol–water partition coefficient (Wildman–Crippen LogP) is 14.5. The summed E-state index contributed by atoms with van der Waals surface area (Å²) in [7, 11) is 0. The van der Waals surface area contributed by atoms with E-state index in [0.717, 1.165) is 0 Å². The van der Waals surface area contributed by atoms with Crippen molar-refractivity contribution in [3.05, 3.63) is 155 Å². The highest BCUT2D eigenvalue weighted by Crippen LogP contribution is 2.62. The van der Waals surface area contributed by atoms with Gasteiger partial charge in [-0.15, -0.1) is 0 Å². The van der Waals surface area contributed by atoms with Gasteiger partial charge in [-0.1, -0.05) is 178 Å². The maximum atomic E-state index is 2.53. The Morgan fingerprint density at radius 2 is 0.692 bits per heavy atom. The van der Waals surface area contributed by atoms with Gasteiger partial charge in [-0.3, -0.25) is 0 Å². The van der Waals surface area contributed by atoms with Crippen LogP contribution in [0.3, 0.4) is 0 Å². The molecule has 258 valence electrons. The van der Waals surface area contributed by atoms with Gasteiger partial charge < -0.3 is 0 Å². The van der Waals surface area contributed by atoms with E-state index in [4.69, 9.17) is 0 Å². The van der Waals surface area contributed by atoms with Crippen molar-refractivity contribution in [1.29, 1.82) is 0 Å². The van der Waals surface area contributed by atoms with Crippen LogP contribution >= 0.6 is 0 Å². The smallest absolute Gasteiger partial charge is 0.0162 e. The van der Waals surface area contributed by atoms with Gasteiger partial charge in [0.25, 0.3) is 0 Å². The molecule has 0 amide bonds. The summed E-state index contributed by atoms with van der Waals surface area (Å²) < 4.78 is 0. The molecule has 52 heavy (non-hydrogen) atoms. The highest BCUT2D eigenvalue weighted by atomic mass is 14.5. The largest absolute Gasteiger partial charge is 0.0616 e. The molecular formula is C52H50. The topological polar surface area (TPSA) is 0 Å². The Kier molecular flexibility index (Phi) is 6.84. The van der Waals surface area contributed by atoms with Gasteiger partial charge in [0.2, 0.25) is 0 Å². The van der Waals surface area contributed by atoms with Crippen LogP contribution in [0.4, 0.5) is 0 Å². The van der Waals surface area contributed by atoms with E-state index in [1.807, 2.05) is 0 Å². The SMILES string of the molecule is CC(C)(C)c1ccc(-c2cc3c(c4ccccc24)-c2ccc4c(c2C3(C)C)C(C)(C)c2cc(-c3ccc(C(C)(C)C)cc3)c3ccccc3c2-4)cc1. The second-order valence-electron chi connectivity index (χ2n) is 18.6. The minimum atomic E-state index is -0.180. The second kappa shape index (κ2) is 10.8. The molecule has 0 spiro atoms. The van der Waals surface area contributed by atoms with E-state index in [0.29, 0.717) is 0 Å². The quantitative estimate of drug-likeness (QED) is 0.171. The molecule has 0 fully saturated rings. The van der Waals surface area contributed by atoms with Crippen LogP contribution in [0, 0.1) is 0 Å². The van der Waals surface area contributed by atoms with E-state index >= 15 is 0 Å². The average Bonchev–Trinajstić information content (AvgIpc) is 3.49. The monoisotopic (exact) mass is 674 g/mol. The normalized spacial score (nSPS) is 15.4. The third-order valence-electron chi connectivity index (χ3n) is 12.6. The molecule has 0 heterocycles. The molecular weight excluding hydrogens is 625 g/mol. The van der Waals surface area contributed by atoms with Gasteiger partial charge in [0, 0.05) is 10.8 Å². The summed E-state index contributed by atoms with van der Waals surface area (Å²) >= 11 is 0. The fourth-order valence-corrected chi connectivity index (χ4v) is 9.68. The molecule has 9 rings (SSSR count). The lowest BCUT2D eigenvalue weighted by Crippen LogP contribution is -2.24. The number of rotatable bonds is 2. The number of hydrogen-bond donors (Lipinski definition) is 0. The first-order valence-corrected chi connectivity index (χ1v) is 19.1. The number of hydrogen-bond acceptors (Lipinski definition) is 0. The van der Waals surface area contributed by atoms with Crippen molar-refractivity contribution >= 4 is 21.5 Å². The van der Waals surface area contributed by atoms with Crippen LogP contribution < -0.4 is 0 Å². The van der Waals surface area contributed by atoms with Gasteiger partial charge in [0.05, 0.1) is 0 Å². The van der Waals surface area contributed by atoms with Gasteiger partial charge >= 0.3 is 0 Å². The predicted molar refractivity (Wildman–Crippen MR) is 225 cm³/mol. The molecule has 0 N–H and O–H groups in total. The first-order chi connectivity index (χ1) is 24.6.